The molecule has 2 saturated carbocycles. The second kappa shape index (κ2) is 4.72. The molecule has 2 fully saturated rings. The Morgan fingerprint density at radius 3 is 2.39 bits per heavy atom. The van der Waals surface area contributed by atoms with Gasteiger partial charge in [-0.3, -0.25) is 0 Å². The third kappa shape index (κ3) is 3.61. The van der Waals surface area contributed by atoms with E-state index in [-0.39, 0.29) is 6.09 Å². The summed E-state index contributed by atoms with van der Waals surface area (Å²) >= 11 is 0. The van der Waals surface area contributed by atoms with E-state index in [4.69, 9.17) is 10.5 Å². The van der Waals surface area contributed by atoms with Crippen molar-refractivity contribution in [3.05, 3.63) is 0 Å². The molecule has 2 N–H and O–H groups in total. The van der Waals surface area contributed by atoms with Gasteiger partial charge in [-0.25, -0.2) is 4.79 Å². The van der Waals surface area contributed by atoms with Crippen LogP contribution in [0.5, 0.6) is 0 Å². The van der Waals surface area contributed by atoms with Gasteiger partial charge in [-0.1, -0.05) is 0 Å². The number of carbonyl (C=O) groups excluding carboxylic acids is 1. The summed E-state index contributed by atoms with van der Waals surface area (Å²) in [5.74, 6) is 0. The summed E-state index contributed by atoms with van der Waals surface area (Å²) in [6.07, 6.45) is 5.55. The van der Waals surface area contributed by atoms with Gasteiger partial charge in [0, 0.05) is 12.6 Å². The zero-order chi connectivity index (χ0) is 13.4. The van der Waals surface area contributed by atoms with Gasteiger partial charge in [0.05, 0.1) is 0 Å². The number of rotatable bonds is 5. The Morgan fingerprint density at radius 2 is 2.00 bits per heavy atom. The van der Waals surface area contributed by atoms with Crippen LogP contribution >= 0.6 is 0 Å². The number of hydrogen-bond donors (Lipinski definition) is 1. The molecule has 0 aromatic rings. The topological polar surface area (TPSA) is 55.6 Å². The Morgan fingerprint density at radius 1 is 1.39 bits per heavy atom. The highest BCUT2D eigenvalue weighted by Gasteiger charge is 2.43. The summed E-state index contributed by atoms with van der Waals surface area (Å²) in [5, 5.41) is 0. The lowest BCUT2D eigenvalue weighted by atomic mass is 10.0. The first-order valence-electron chi connectivity index (χ1n) is 7.05. The van der Waals surface area contributed by atoms with Crippen LogP contribution in [0.3, 0.4) is 0 Å². The van der Waals surface area contributed by atoms with E-state index in [9.17, 15) is 4.79 Å². The molecule has 0 unspecified atom stereocenters. The summed E-state index contributed by atoms with van der Waals surface area (Å²) in [7, 11) is 0. The Balaban J connectivity index is 1.86. The maximum absolute atomic E-state index is 12.1. The van der Waals surface area contributed by atoms with Crippen molar-refractivity contribution in [2.24, 2.45) is 11.1 Å². The first kappa shape index (κ1) is 13.7. The highest BCUT2D eigenvalue weighted by molar-refractivity contribution is 5.69. The van der Waals surface area contributed by atoms with Crippen molar-refractivity contribution in [2.75, 3.05) is 13.1 Å². The van der Waals surface area contributed by atoms with E-state index >= 15 is 0 Å². The molecule has 4 heteroatoms. The molecular formula is C14H26N2O2. The van der Waals surface area contributed by atoms with Gasteiger partial charge >= 0.3 is 6.09 Å². The average Bonchev–Trinajstić information content (AvgIpc) is 3.11. The summed E-state index contributed by atoms with van der Waals surface area (Å²) in [6.45, 7) is 7.30. The Labute approximate surface area is 110 Å². The molecule has 0 bridgehead atoms. The van der Waals surface area contributed by atoms with Crippen molar-refractivity contribution in [1.82, 2.24) is 4.90 Å². The number of nitrogens with zero attached hydrogens (tertiary/aromatic N) is 1. The summed E-state index contributed by atoms with van der Waals surface area (Å²) in [6, 6.07) is 0.411. The molecule has 4 nitrogen and oxygen atoms in total. The molecule has 0 spiro atoms. The Hall–Kier alpha value is -0.770. The van der Waals surface area contributed by atoms with E-state index in [0.29, 0.717) is 11.5 Å². The minimum atomic E-state index is -0.407. The van der Waals surface area contributed by atoms with Crippen LogP contribution in [0, 0.1) is 5.41 Å². The smallest absolute Gasteiger partial charge is 0.410 e. The number of ether oxygens (including phenoxy) is 1. The molecule has 0 radical (unpaired) electrons. The molecule has 0 heterocycles. The summed E-state index contributed by atoms with van der Waals surface area (Å²) < 4.78 is 5.48. The number of carbonyl (C=O) groups is 1. The van der Waals surface area contributed by atoms with Crippen molar-refractivity contribution < 1.29 is 9.53 Å². The molecule has 104 valence electrons. The van der Waals surface area contributed by atoms with Crippen molar-refractivity contribution in [2.45, 2.75) is 64.5 Å². The van der Waals surface area contributed by atoms with Gasteiger partial charge in [-0.2, -0.15) is 0 Å². The monoisotopic (exact) mass is 254 g/mol. The van der Waals surface area contributed by atoms with Crippen LogP contribution in [-0.2, 0) is 4.74 Å². The SMILES string of the molecule is CC(C)(C)OC(=O)N(CCC1(CN)CC1)C1CC1. The van der Waals surface area contributed by atoms with Crippen molar-refractivity contribution in [3.8, 4) is 0 Å². The lowest BCUT2D eigenvalue weighted by molar-refractivity contribution is 0.0222. The Kier molecular flexibility index (Phi) is 3.58. The van der Waals surface area contributed by atoms with Crippen LogP contribution in [0.2, 0.25) is 0 Å². The second-order valence-corrected chi connectivity index (χ2v) is 6.86. The van der Waals surface area contributed by atoms with Gasteiger partial charge in [0.1, 0.15) is 5.60 Å². The lowest BCUT2D eigenvalue weighted by Gasteiger charge is -2.28. The first-order chi connectivity index (χ1) is 8.35. The maximum atomic E-state index is 12.1. The van der Waals surface area contributed by atoms with E-state index < -0.39 is 5.60 Å². The summed E-state index contributed by atoms with van der Waals surface area (Å²) in [4.78, 5) is 14.1. The van der Waals surface area contributed by atoms with Crippen LogP contribution in [0.1, 0.15) is 52.9 Å². The number of nitrogens with two attached hydrogens (primary N) is 1. The van der Waals surface area contributed by atoms with Crippen molar-refractivity contribution >= 4 is 6.09 Å². The van der Waals surface area contributed by atoms with Crippen LogP contribution < -0.4 is 5.73 Å². The minimum Gasteiger partial charge on any atom is -0.444 e. The van der Waals surface area contributed by atoms with Crippen molar-refractivity contribution in [3.63, 3.8) is 0 Å². The Bertz CT molecular complexity index is 314. The quantitative estimate of drug-likeness (QED) is 0.820. The fourth-order valence-corrected chi connectivity index (χ4v) is 2.22. The molecule has 0 aromatic heterocycles. The largest absolute Gasteiger partial charge is 0.444 e. The zero-order valence-electron chi connectivity index (χ0n) is 11.9. The summed E-state index contributed by atoms with van der Waals surface area (Å²) in [5.41, 5.74) is 5.71. The van der Waals surface area contributed by atoms with Crippen molar-refractivity contribution in [1.29, 1.82) is 0 Å². The molecule has 0 saturated heterocycles. The molecular weight excluding hydrogens is 228 g/mol. The molecule has 0 atom stereocenters. The second-order valence-electron chi connectivity index (χ2n) is 6.86. The predicted octanol–water partition coefficient (Wildman–Crippen LogP) is 2.51. The molecule has 2 rings (SSSR count). The zero-order valence-corrected chi connectivity index (χ0v) is 11.9. The lowest BCUT2D eigenvalue weighted by Crippen LogP contribution is -2.39. The minimum absolute atomic E-state index is 0.155. The fourth-order valence-electron chi connectivity index (χ4n) is 2.22. The third-order valence-electron chi connectivity index (χ3n) is 3.89. The number of hydrogen-bond acceptors (Lipinski definition) is 3. The van der Waals surface area contributed by atoms with Gasteiger partial charge in [0.25, 0.3) is 0 Å². The fraction of sp³-hybridized carbons (Fsp3) is 0.929. The molecule has 18 heavy (non-hydrogen) atoms. The molecule has 0 aliphatic heterocycles. The van der Waals surface area contributed by atoms with Gasteiger partial charge in [-0.05, 0) is 64.8 Å². The predicted molar refractivity (Wildman–Crippen MR) is 71.3 cm³/mol. The molecule has 0 aromatic carbocycles. The standard InChI is InChI=1S/C14H26N2O2/c1-13(2,3)18-12(17)16(11-4-5-11)9-8-14(10-15)6-7-14/h11H,4-10,15H2,1-3H3. The highest BCUT2D eigenvalue weighted by Crippen LogP contribution is 2.48. The molecule has 1 amide bonds. The van der Waals surface area contributed by atoms with Crippen LogP contribution in [0.4, 0.5) is 4.79 Å². The molecule has 2 aliphatic carbocycles. The van der Waals surface area contributed by atoms with E-state index in [1.54, 1.807) is 0 Å². The van der Waals surface area contributed by atoms with E-state index in [0.717, 1.165) is 32.4 Å². The van der Waals surface area contributed by atoms with E-state index in [2.05, 4.69) is 0 Å². The van der Waals surface area contributed by atoms with E-state index in [1.807, 2.05) is 25.7 Å². The van der Waals surface area contributed by atoms with Crippen LogP contribution in [0.25, 0.3) is 0 Å². The highest BCUT2D eigenvalue weighted by atomic mass is 16.6. The third-order valence-corrected chi connectivity index (χ3v) is 3.89. The van der Waals surface area contributed by atoms with Crippen LogP contribution in [-0.4, -0.2) is 35.7 Å². The van der Waals surface area contributed by atoms with Gasteiger partial charge in [0.2, 0.25) is 0 Å². The van der Waals surface area contributed by atoms with Gasteiger partial charge in [0.15, 0.2) is 0 Å². The van der Waals surface area contributed by atoms with Gasteiger partial charge < -0.3 is 15.4 Å². The van der Waals surface area contributed by atoms with Crippen LogP contribution in [0.15, 0.2) is 0 Å². The maximum Gasteiger partial charge on any atom is 0.410 e. The van der Waals surface area contributed by atoms with E-state index in [1.165, 1.54) is 12.8 Å². The normalized spacial score (nSPS) is 21.6. The first-order valence-corrected chi connectivity index (χ1v) is 7.05. The van der Waals surface area contributed by atoms with Gasteiger partial charge in [-0.15, -0.1) is 0 Å². The molecule has 2 aliphatic rings. The number of amides is 1. The average molecular weight is 254 g/mol.